The van der Waals surface area contributed by atoms with Gasteiger partial charge in [0.1, 0.15) is 0 Å². The van der Waals surface area contributed by atoms with E-state index in [1.54, 1.807) is 0 Å². The fraction of sp³-hybridized carbons (Fsp3) is 0. The van der Waals surface area contributed by atoms with E-state index in [1.807, 2.05) is 5.43 Å². The van der Waals surface area contributed by atoms with Crippen LogP contribution >= 0.6 is 0 Å². The van der Waals surface area contributed by atoms with Crippen LogP contribution in [0.4, 0.5) is 0 Å². The Bertz CT molecular complexity index is 177. The van der Waals surface area contributed by atoms with Crippen LogP contribution in [0.25, 0.3) is 0 Å². The third-order valence-corrected chi connectivity index (χ3v) is 0.156. The molecule has 0 amide bonds. The monoisotopic (exact) mass is 190 g/mol. The first kappa shape index (κ1) is 16.6. The zero-order valence-corrected chi connectivity index (χ0v) is 6.09. The van der Waals surface area contributed by atoms with Gasteiger partial charge in [-0.2, -0.15) is 8.42 Å². The van der Waals surface area contributed by atoms with Gasteiger partial charge >= 0.3 is 10.4 Å². The summed E-state index contributed by atoms with van der Waals surface area (Å²) in [6, 6.07) is 0. The van der Waals surface area contributed by atoms with Crippen molar-refractivity contribution in [2.45, 2.75) is 0 Å². The van der Waals surface area contributed by atoms with Crippen LogP contribution in [0.3, 0.4) is 0 Å². The highest BCUT2D eigenvalue weighted by atomic mass is 32.3. The van der Waals surface area contributed by atoms with Crippen LogP contribution in [0.5, 0.6) is 0 Å². The van der Waals surface area contributed by atoms with Crippen LogP contribution in [0.2, 0.25) is 0 Å². The Labute approximate surface area is 62.7 Å². The predicted octanol–water partition coefficient (Wildman–Crippen LogP) is -3.13. The summed E-state index contributed by atoms with van der Waals surface area (Å²) in [5.74, 6) is 4.35. The van der Waals surface area contributed by atoms with Gasteiger partial charge in [-0.1, -0.05) is 0 Å². The minimum Gasteiger partial charge on any atom is -0.412 e. The van der Waals surface area contributed by atoms with Crippen LogP contribution < -0.4 is 17.0 Å². The maximum Gasteiger partial charge on any atom is 0.394 e. The lowest BCUT2D eigenvalue weighted by Gasteiger charge is -1.85. The van der Waals surface area contributed by atoms with Gasteiger partial charge in [-0.15, -0.1) is 0 Å². The van der Waals surface area contributed by atoms with E-state index in [2.05, 4.69) is 11.6 Å². The first-order valence-corrected chi connectivity index (χ1v) is 3.17. The second-order valence-corrected chi connectivity index (χ2v) is 1.90. The molecule has 10 heteroatoms. The van der Waals surface area contributed by atoms with Crippen molar-refractivity contribution in [3.8, 4) is 0 Å². The summed E-state index contributed by atoms with van der Waals surface area (Å²) in [6.45, 7) is 0. The quantitative estimate of drug-likeness (QED) is 0.0762. The molecule has 0 unspecified atom stereocenters. The van der Waals surface area contributed by atoms with Crippen molar-refractivity contribution in [3.63, 3.8) is 0 Å². The number of guanidine groups is 1. The molecule has 0 saturated heterocycles. The predicted molar refractivity (Wildman–Crippen MR) is 37.0 cm³/mol. The minimum absolute atomic E-state index is 0. The Morgan fingerprint density at radius 2 is 1.55 bits per heavy atom. The van der Waals surface area contributed by atoms with E-state index < -0.39 is 10.4 Å². The molecule has 0 aliphatic carbocycles. The number of nitrogens with two attached hydrogens (primary N) is 2. The van der Waals surface area contributed by atoms with Crippen molar-refractivity contribution >= 4 is 16.4 Å². The zero-order valence-electron chi connectivity index (χ0n) is 5.27. The van der Waals surface area contributed by atoms with Gasteiger partial charge in [-0.05, 0) is 0 Å². The highest BCUT2D eigenvalue weighted by Crippen LogP contribution is 1.59. The lowest BCUT2D eigenvalue weighted by Crippen LogP contribution is -2.35. The molecule has 0 radical (unpaired) electrons. The maximum atomic E-state index is 8.74. The molecule has 0 aromatic carbocycles. The van der Waals surface area contributed by atoms with Crippen molar-refractivity contribution in [3.05, 3.63) is 0 Å². The fourth-order valence-electron chi connectivity index (χ4n) is 0. The Balaban J connectivity index is -0.000000107. The average molecular weight is 190 g/mol. The Morgan fingerprint density at radius 1 is 1.45 bits per heavy atom. The number of nitrogens with one attached hydrogen (secondary N) is 2. The smallest absolute Gasteiger partial charge is 0.394 e. The van der Waals surface area contributed by atoms with Gasteiger partial charge in [-0.3, -0.25) is 19.9 Å². The Kier molecular flexibility index (Phi) is 10.8. The molecule has 10 N–H and O–H groups in total. The Morgan fingerprint density at radius 3 is 1.55 bits per heavy atom. The number of hydrogen-bond acceptors (Lipinski definition) is 4. The van der Waals surface area contributed by atoms with Gasteiger partial charge in [0, 0.05) is 0 Å². The summed E-state index contributed by atoms with van der Waals surface area (Å²) >= 11 is 0. The van der Waals surface area contributed by atoms with Gasteiger partial charge in [0.05, 0.1) is 0 Å². The third kappa shape index (κ3) is 402. The average Bonchev–Trinajstić information content (AvgIpc) is 1.61. The standard InChI is InChI=1S/CH6N4.H2O4S.H2O/c2-1(3)5-4;1-5(2,3)4;/h4H2,(H4,2,3,5);(H2,1,2,3,4);1H2. The van der Waals surface area contributed by atoms with E-state index in [0.717, 1.165) is 0 Å². The first-order valence-electron chi connectivity index (χ1n) is 1.78. The fourth-order valence-corrected chi connectivity index (χ4v) is 0. The van der Waals surface area contributed by atoms with Crippen molar-refractivity contribution < 1.29 is 23.0 Å². The molecule has 0 spiro atoms. The van der Waals surface area contributed by atoms with Gasteiger partial charge in [-0.25, -0.2) is 5.84 Å². The molecule has 0 aromatic rings. The summed E-state index contributed by atoms with van der Waals surface area (Å²) in [7, 11) is -4.67. The van der Waals surface area contributed by atoms with Crippen molar-refractivity contribution in [1.29, 1.82) is 5.41 Å². The van der Waals surface area contributed by atoms with Crippen molar-refractivity contribution in [1.82, 2.24) is 5.43 Å². The molecule has 11 heavy (non-hydrogen) atoms. The molecule has 0 aliphatic rings. The van der Waals surface area contributed by atoms with Gasteiger partial charge in [0.25, 0.3) is 0 Å². The van der Waals surface area contributed by atoms with E-state index in [0.29, 0.717) is 0 Å². The molecule has 0 atom stereocenters. The topological polar surface area (TPSA) is 194 Å². The van der Waals surface area contributed by atoms with Gasteiger partial charge in [0.2, 0.25) is 0 Å². The van der Waals surface area contributed by atoms with Crippen LogP contribution in [-0.2, 0) is 10.4 Å². The first-order chi connectivity index (χ1) is 4.27. The Hall–Kier alpha value is -0.940. The van der Waals surface area contributed by atoms with E-state index in [9.17, 15) is 0 Å². The molecule has 0 rings (SSSR count). The van der Waals surface area contributed by atoms with Crippen molar-refractivity contribution in [2.75, 3.05) is 0 Å². The zero-order chi connectivity index (χ0) is 8.78. The van der Waals surface area contributed by atoms with E-state index in [-0.39, 0.29) is 11.4 Å². The molecule has 0 bridgehead atoms. The molecular weight excluding hydrogens is 180 g/mol. The third-order valence-electron chi connectivity index (χ3n) is 0.156. The van der Waals surface area contributed by atoms with Gasteiger partial charge in [0.15, 0.2) is 5.96 Å². The number of hydrogen-bond donors (Lipinski definition) is 6. The molecule has 9 nitrogen and oxygen atoms in total. The van der Waals surface area contributed by atoms with E-state index >= 15 is 0 Å². The molecule has 0 aromatic heterocycles. The lowest BCUT2D eigenvalue weighted by molar-refractivity contribution is 0.381. The summed E-state index contributed by atoms with van der Waals surface area (Å²) in [5.41, 5.74) is 6.53. The lowest BCUT2D eigenvalue weighted by atomic mass is 11.1. The van der Waals surface area contributed by atoms with Gasteiger partial charge < -0.3 is 11.2 Å². The van der Waals surface area contributed by atoms with Crippen molar-refractivity contribution in [2.24, 2.45) is 11.6 Å². The summed E-state index contributed by atoms with van der Waals surface area (Å²) in [5, 5.41) is 6.28. The SMILES string of the molecule is N=C(N)NN.O.O=S(=O)(O)O. The molecule has 0 saturated carbocycles. The van der Waals surface area contributed by atoms with E-state index in [4.69, 9.17) is 22.9 Å². The normalized spacial score (nSPS) is 8.27. The molecule has 70 valence electrons. The summed E-state index contributed by atoms with van der Waals surface area (Å²) < 4.78 is 31.6. The second kappa shape index (κ2) is 7.17. The molecule has 0 fully saturated rings. The number of rotatable bonds is 0. The molecular formula is CH10N4O5S. The maximum absolute atomic E-state index is 8.74. The highest BCUT2D eigenvalue weighted by Gasteiger charge is 1.84. The van der Waals surface area contributed by atoms with Crippen LogP contribution in [-0.4, -0.2) is 29.0 Å². The van der Waals surface area contributed by atoms with Crippen LogP contribution in [0.1, 0.15) is 0 Å². The highest BCUT2D eigenvalue weighted by molar-refractivity contribution is 7.79. The van der Waals surface area contributed by atoms with Crippen LogP contribution in [0, 0.1) is 5.41 Å². The molecule has 0 heterocycles. The summed E-state index contributed by atoms with van der Waals surface area (Å²) in [6.07, 6.45) is 0. The minimum atomic E-state index is -4.67. The van der Waals surface area contributed by atoms with Crippen LogP contribution in [0.15, 0.2) is 0 Å². The second-order valence-electron chi connectivity index (χ2n) is 1.01. The molecule has 0 aliphatic heterocycles. The largest absolute Gasteiger partial charge is 0.412 e. The number of hydrazine groups is 1. The van der Waals surface area contributed by atoms with E-state index in [1.165, 1.54) is 0 Å². The summed E-state index contributed by atoms with van der Waals surface area (Å²) in [4.78, 5) is 0.